The van der Waals surface area contributed by atoms with Crippen molar-refractivity contribution in [3.63, 3.8) is 0 Å². The molecule has 0 aromatic carbocycles. The highest BCUT2D eigenvalue weighted by molar-refractivity contribution is 5.88. The smallest absolute Gasteiger partial charge is 0.389 e. The second kappa shape index (κ2) is 5.56. The SMILES string of the molecule is Nc1cc(C(=O)O)cnc1OCCCC(F)(F)F. The lowest BCUT2D eigenvalue weighted by Gasteiger charge is -2.09. The van der Waals surface area contributed by atoms with E-state index in [1.807, 2.05) is 0 Å². The number of nitrogen functional groups attached to an aromatic ring is 1. The van der Waals surface area contributed by atoms with E-state index in [0.717, 1.165) is 12.3 Å². The van der Waals surface area contributed by atoms with Crippen molar-refractivity contribution < 1.29 is 27.8 Å². The summed E-state index contributed by atoms with van der Waals surface area (Å²) in [6.45, 7) is -0.191. The standard InChI is InChI=1S/C10H11F3N2O3/c11-10(12,13)2-1-3-18-8-7(14)4-6(5-15-8)9(16)17/h4-5H,1-3,14H2,(H,16,17). The van der Waals surface area contributed by atoms with Crippen LogP contribution in [0.25, 0.3) is 0 Å². The van der Waals surface area contributed by atoms with Gasteiger partial charge in [-0.25, -0.2) is 9.78 Å². The van der Waals surface area contributed by atoms with Crippen molar-refractivity contribution in [2.24, 2.45) is 0 Å². The van der Waals surface area contributed by atoms with Crippen LogP contribution in [0.15, 0.2) is 12.3 Å². The van der Waals surface area contributed by atoms with Gasteiger partial charge in [0, 0.05) is 12.6 Å². The van der Waals surface area contributed by atoms with Crippen LogP contribution in [0.2, 0.25) is 0 Å². The van der Waals surface area contributed by atoms with Crippen LogP contribution >= 0.6 is 0 Å². The second-order valence-corrected chi connectivity index (χ2v) is 3.49. The number of carbonyl (C=O) groups is 1. The summed E-state index contributed by atoms with van der Waals surface area (Å²) in [6, 6.07) is 1.13. The fraction of sp³-hybridized carbons (Fsp3) is 0.400. The van der Waals surface area contributed by atoms with E-state index < -0.39 is 18.6 Å². The Morgan fingerprint density at radius 1 is 1.50 bits per heavy atom. The average Bonchev–Trinajstić information content (AvgIpc) is 2.24. The molecule has 0 radical (unpaired) electrons. The molecule has 0 atom stereocenters. The lowest BCUT2D eigenvalue weighted by Crippen LogP contribution is -2.11. The van der Waals surface area contributed by atoms with Crippen molar-refractivity contribution in [2.45, 2.75) is 19.0 Å². The van der Waals surface area contributed by atoms with Crippen LogP contribution in [0.3, 0.4) is 0 Å². The molecule has 100 valence electrons. The fourth-order valence-corrected chi connectivity index (χ4v) is 1.15. The minimum atomic E-state index is -4.23. The molecule has 5 nitrogen and oxygen atoms in total. The second-order valence-electron chi connectivity index (χ2n) is 3.49. The normalized spacial score (nSPS) is 11.3. The Hall–Kier alpha value is -1.99. The van der Waals surface area contributed by atoms with Gasteiger partial charge in [0.15, 0.2) is 0 Å². The van der Waals surface area contributed by atoms with Crippen LogP contribution in [-0.2, 0) is 0 Å². The van der Waals surface area contributed by atoms with Gasteiger partial charge in [0.25, 0.3) is 0 Å². The highest BCUT2D eigenvalue weighted by Gasteiger charge is 2.26. The van der Waals surface area contributed by atoms with Gasteiger partial charge in [-0.05, 0) is 12.5 Å². The van der Waals surface area contributed by atoms with Crippen LogP contribution in [0, 0.1) is 0 Å². The van der Waals surface area contributed by atoms with E-state index in [-0.39, 0.29) is 30.2 Å². The van der Waals surface area contributed by atoms with Crippen LogP contribution in [0.1, 0.15) is 23.2 Å². The van der Waals surface area contributed by atoms with E-state index in [0.29, 0.717) is 0 Å². The van der Waals surface area contributed by atoms with Gasteiger partial charge in [0.1, 0.15) is 0 Å². The van der Waals surface area contributed by atoms with Gasteiger partial charge >= 0.3 is 12.1 Å². The summed E-state index contributed by atoms with van der Waals surface area (Å²) in [5.41, 5.74) is 5.31. The van der Waals surface area contributed by atoms with Crippen molar-refractivity contribution >= 4 is 11.7 Å². The molecule has 0 spiro atoms. The molecule has 0 aliphatic rings. The number of ether oxygens (including phenoxy) is 1. The maximum absolute atomic E-state index is 11.8. The number of pyridine rings is 1. The highest BCUT2D eigenvalue weighted by atomic mass is 19.4. The monoisotopic (exact) mass is 264 g/mol. The summed E-state index contributed by atoms with van der Waals surface area (Å²) in [4.78, 5) is 14.2. The van der Waals surface area contributed by atoms with Gasteiger partial charge in [-0.15, -0.1) is 0 Å². The molecule has 0 amide bonds. The number of carboxylic acid groups (broad SMARTS) is 1. The maximum Gasteiger partial charge on any atom is 0.389 e. The molecule has 1 heterocycles. The third-order valence-corrected chi connectivity index (χ3v) is 1.97. The number of nitrogens with two attached hydrogens (primary N) is 1. The van der Waals surface area contributed by atoms with Crippen LogP contribution in [0.4, 0.5) is 18.9 Å². The van der Waals surface area contributed by atoms with E-state index in [1.54, 1.807) is 0 Å². The molecule has 1 aromatic heterocycles. The zero-order valence-electron chi connectivity index (χ0n) is 9.20. The Morgan fingerprint density at radius 3 is 2.67 bits per heavy atom. The molecular weight excluding hydrogens is 253 g/mol. The van der Waals surface area contributed by atoms with Crippen molar-refractivity contribution in [1.82, 2.24) is 4.98 Å². The predicted molar refractivity (Wildman–Crippen MR) is 56.4 cm³/mol. The Kier molecular flexibility index (Phi) is 4.35. The van der Waals surface area contributed by atoms with E-state index in [2.05, 4.69) is 4.98 Å². The molecule has 1 rings (SSSR count). The van der Waals surface area contributed by atoms with E-state index in [4.69, 9.17) is 15.6 Å². The molecule has 18 heavy (non-hydrogen) atoms. The number of alkyl halides is 3. The molecule has 3 N–H and O–H groups in total. The Bertz CT molecular complexity index is 435. The average molecular weight is 264 g/mol. The van der Waals surface area contributed by atoms with Gasteiger partial charge in [-0.1, -0.05) is 0 Å². The number of nitrogens with zero attached hydrogens (tertiary/aromatic N) is 1. The summed E-state index contributed by atoms with van der Waals surface area (Å²) in [5.74, 6) is -1.26. The Labute approximate surface area is 100 Å². The first kappa shape index (κ1) is 14.1. The molecule has 0 fully saturated rings. The van der Waals surface area contributed by atoms with Crippen molar-refractivity contribution in [3.8, 4) is 5.88 Å². The summed E-state index contributed by atoms with van der Waals surface area (Å²) >= 11 is 0. The molecule has 0 unspecified atom stereocenters. The lowest BCUT2D eigenvalue weighted by atomic mass is 10.2. The summed E-state index contributed by atoms with van der Waals surface area (Å²) in [5, 5.41) is 8.64. The van der Waals surface area contributed by atoms with Gasteiger partial charge in [-0.3, -0.25) is 0 Å². The molecule has 1 aromatic rings. The van der Waals surface area contributed by atoms with Gasteiger partial charge in [0.2, 0.25) is 5.88 Å². The van der Waals surface area contributed by atoms with E-state index >= 15 is 0 Å². The maximum atomic E-state index is 11.8. The number of halogens is 3. The first-order chi connectivity index (χ1) is 8.29. The van der Waals surface area contributed by atoms with Crippen LogP contribution in [-0.4, -0.2) is 28.8 Å². The quantitative estimate of drug-likeness (QED) is 0.795. The zero-order chi connectivity index (χ0) is 13.8. The Morgan fingerprint density at radius 2 is 2.17 bits per heavy atom. The molecule has 0 saturated heterocycles. The summed E-state index contributed by atoms with van der Waals surface area (Å²) in [7, 11) is 0. The number of hydrogen-bond donors (Lipinski definition) is 2. The number of carboxylic acids is 1. The third kappa shape index (κ3) is 4.48. The van der Waals surface area contributed by atoms with Crippen LogP contribution < -0.4 is 10.5 Å². The zero-order valence-corrected chi connectivity index (χ0v) is 9.20. The van der Waals surface area contributed by atoms with Crippen LogP contribution in [0.5, 0.6) is 5.88 Å². The van der Waals surface area contributed by atoms with Gasteiger partial charge in [0.05, 0.1) is 17.9 Å². The lowest BCUT2D eigenvalue weighted by molar-refractivity contribution is -0.136. The van der Waals surface area contributed by atoms with Crippen molar-refractivity contribution in [1.29, 1.82) is 0 Å². The first-order valence-electron chi connectivity index (χ1n) is 4.98. The van der Waals surface area contributed by atoms with Crippen molar-refractivity contribution in [2.75, 3.05) is 12.3 Å². The minimum absolute atomic E-state index is 0.0260. The number of hydrogen-bond acceptors (Lipinski definition) is 4. The fourth-order valence-electron chi connectivity index (χ4n) is 1.15. The number of rotatable bonds is 5. The largest absolute Gasteiger partial charge is 0.478 e. The predicted octanol–water partition coefficient (Wildman–Crippen LogP) is 2.08. The van der Waals surface area contributed by atoms with E-state index in [1.165, 1.54) is 0 Å². The summed E-state index contributed by atoms with van der Waals surface area (Å²) in [6.07, 6.45) is -4.38. The first-order valence-corrected chi connectivity index (χ1v) is 4.98. The number of aromatic carboxylic acids is 1. The third-order valence-electron chi connectivity index (χ3n) is 1.97. The number of aromatic nitrogens is 1. The highest BCUT2D eigenvalue weighted by Crippen LogP contribution is 2.23. The Balaban J connectivity index is 2.51. The molecule has 0 saturated carbocycles. The molecule has 8 heteroatoms. The van der Waals surface area contributed by atoms with Crippen molar-refractivity contribution in [3.05, 3.63) is 17.8 Å². The minimum Gasteiger partial charge on any atom is -0.478 e. The number of anilines is 1. The van der Waals surface area contributed by atoms with E-state index in [9.17, 15) is 18.0 Å². The summed E-state index contributed by atoms with van der Waals surface area (Å²) < 4.78 is 40.5. The molecular formula is C10H11F3N2O3. The van der Waals surface area contributed by atoms with Gasteiger partial charge < -0.3 is 15.6 Å². The molecule has 0 aliphatic carbocycles. The molecule has 0 aliphatic heterocycles. The molecule has 0 bridgehead atoms. The topological polar surface area (TPSA) is 85.4 Å². The van der Waals surface area contributed by atoms with Gasteiger partial charge in [-0.2, -0.15) is 13.2 Å².